The summed E-state index contributed by atoms with van der Waals surface area (Å²) < 4.78 is 0. The van der Waals surface area contributed by atoms with Gasteiger partial charge < -0.3 is 5.32 Å². The van der Waals surface area contributed by atoms with Crippen LogP contribution >= 0.6 is 11.6 Å². The van der Waals surface area contributed by atoms with E-state index in [1.165, 1.54) is 6.07 Å². The minimum absolute atomic E-state index is 0.0417. The van der Waals surface area contributed by atoms with Crippen molar-refractivity contribution >= 4 is 23.2 Å². The van der Waals surface area contributed by atoms with E-state index in [1.54, 1.807) is 0 Å². The van der Waals surface area contributed by atoms with Gasteiger partial charge in [-0.1, -0.05) is 18.5 Å². The lowest BCUT2D eigenvalue weighted by Gasteiger charge is -2.24. The fourth-order valence-corrected chi connectivity index (χ4v) is 1.37. The largest absolute Gasteiger partial charge is 0.347 e. The molecule has 1 rings (SSSR count). The number of carbonyl (C=O) groups excluding carboxylic acids is 1. The Morgan fingerprint density at radius 2 is 2.22 bits per heavy atom. The predicted molar refractivity (Wildman–Crippen MR) is 67.7 cm³/mol. The molecule has 0 bridgehead atoms. The number of carbonyl (C=O) groups is 1. The third-order valence-electron chi connectivity index (χ3n) is 2.63. The summed E-state index contributed by atoms with van der Waals surface area (Å²) >= 11 is 5.66. The third-order valence-corrected chi connectivity index (χ3v) is 2.83. The van der Waals surface area contributed by atoms with Crippen LogP contribution in [-0.2, 0) is 0 Å². The van der Waals surface area contributed by atoms with Crippen molar-refractivity contribution < 1.29 is 9.72 Å². The Hall–Kier alpha value is -1.69. The number of hydrogen-bond donors (Lipinski definition) is 1. The molecule has 0 saturated carbocycles. The number of pyridine rings is 1. The fraction of sp³-hybridized carbons (Fsp3) is 0.455. The van der Waals surface area contributed by atoms with E-state index in [2.05, 4.69) is 10.3 Å². The number of hydrogen-bond acceptors (Lipinski definition) is 4. The van der Waals surface area contributed by atoms with E-state index < -0.39 is 16.4 Å². The van der Waals surface area contributed by atoms with Gasteiger partial charge in [0.15, 0.2) is 0 Å². The highest BCUT2D eigenvalue weighted by Crippen LogP contribution is 2.21. The van der Waals surface area contributed by atoms with Gasteiger partial charge in [0.25, 0.3) is 11.6 Å². The molecule has 0 aliphatic rings. The van der Waals surface area contributed by atoms with Crippen molar-refractivity contribution in [1.29, 1.82) is 0 Å². The van der Waals surface area contributed by atoms with Crippen LogP contribution in [0.15, 0.2) is 12.3 Å². The Morgan fingerprint density at radius 1 is 1.61 bits per heavy atom. The molecule has 1 N–H and O–H groups in total. The van der Waals surface area contributed by atoms with E-state index >= 15 is 0 Å². The van der Waals surface area contributed by atoms with Gasteiger partial charge in [-0.15, -0.1) is 0 Å². The van der Waals surface area contributed by atoms with Crippen molar-refractivity contribution in [3.05, 3.63) is 33.1 Å². The number of halogens is 1. The van der Waals surface area contributed by atoms with Crippen LogP contribution in [0.2, 0.25) is 5.15 Å². The van der Waals surface area contributed by atoms with Crippen LogP contribution in [0.1, 0.15) is 37.6 Å². The minimum atomic E-state index is -0.656. The summed E-state index contributed by atoms with van der Waals surface area (Å²) in [5, 5.41) is 13.6. The second-order valence-electron chi connectivity index (χ2n) is 4.47. The Morgan fingerprint density at radius 3 is 2.72 bits per heavy atom. The number of amides is 1. The first-order valence-corrected chi connectivity index (χ1v) is 5.77. The van der Waals surface area contributed by atoms with Gasteiger partial charge in [0.1, 0.15) is 16.9 Å². The summed E-state index contributed by atoms with van der Waals surface area (Å²) in [6, 6.07) is 1.20. The quantitative estimate of drug-likeness (QED) is 0.518. The highest BCUT2D eigenvalue weighted by atomic mass is 35.5. The molecule has 6 nitrogen and oxygen atoms in total. The van der Waals surface area contributed by atoms with E-state index in [-0.39, 0.29) is 16.4 Å². The van der Waals surface area contributed by atoms with Gasteiger partial charge in [-0.3, -0.25) is 14.9 Å². The summed E-state index contributed by atoms with van der Waals surface area (Å²) in [6.07, 6.45) is 1.68. The lowest BCUT2D eigenvalue weighted by molar-refractivity contribution is -0.385. The maximum absolute atomic E-state index is 12.0. The van der Waals surface area contributed by atoms with Gasteiger partial charge in [-0.25, -0.2) is 4.98 Å². The second kappa shape index (κ2) is 5.30. The second-order valence-corrected chi connectivity index (χ2v) is 4.86. The molecule has 0 saturated heterocycles. The Kier molecular flexibility index (Phi) is 4.24. The molecule has 0 aromatic carbocycles. The van der Waals surface area contributed by atoms with Crippen molar-refractivity contribution in [2.45, 2.75) is 32.7 Å². The van der Waals surface area contributed by atoms with Crippen molar-refractivity contribution in [1.82, 2.24) is 10.3 Å². The van der Waals surface area contributed by atoms with Crippen LogP contribution in [0.5, 0.6) is 0 Å². The van der Waals surface area contributed by atoms with E-state index in [0.29, 0.717) is 6.42 Å². The molecule has 0 atom stereocenters. The molecule has 0 unspecified atom stereocenters. The van der Waals surface area contributed by atoms with Gasteiger partial charge in [-0.2, -0.15) is 0 Å². The van der Waals surface area contributed by atoms with Crippen molar-refractivity contribution in [2.75, 3.05) is 0 Å². The third kappa shape index (κ3) is 3.40. The Bertz CT molecular complexity index is 488. The molecule has 1 amide bonds. The van der Waals surface area contributed by atoms with E-state index in [9.17, 15) is 14.9 Å². The summed E-state index contributed by atoms with van der Waals surface area (Å²) in [6.45, 7) is 5.58. The van der Waals surface area contributed by atoms with Crippen LogP contribution in [0.25, 0.3) is 0 Å². The first-order chi connectivity index (χ1) is 8.26. The first kappa shape index (κ1) is 14.4. The van der Waals surface area contributed by atoms with Crippen LogP contribution in [0, 0.1) is 10.1 Å². The molecular formula is C11H14ClN3O3. The lowest BCUT2D eigenvalue weighted by atomic mass is 10.0. The minimum Gasteiger partial charge on any atom is -0.347 e. The van der Waals surface area contributed by atoms with Crippen LogP contribution in [0.3, 0.4) is 0 Å². The van der Waals surface area contributed by atoms with E-state index in [0.717, 1.165) is 6.20 Å². The van der Waals surface area contributed by atoms with Gasteiger partial charge in [-0.05, 0) is 26.3 Å². The molecule has 0 aliphatic carbocycles. The molecule has 0 spiro atoms. The van der Waals surface area contributed by atoms with Crippen molar-refractivity contribution in [3.8, 4) is 0 Å². The molecule has 0 fully saturated rings. The molecule has 1 heterocycles. The molecule has 0 aliphatic heterocycles. The molecule has 7 heteroatoms. The number of rotatable bonds is 4. The molecule has 1 aromatic rings. The number of nitrogens with zero attached hydrogens (tertiary/aromatic N) is 2. The van der Waals surface area contributed by atoms with Gasteiger partial charge in [0.05, 0.1) is 4.92 Å². The predicted octanol–water partition coefficient (Wildman–Crippen LogP) is 2.56. The molecule has 98 valence electrons. The van der Waals surface area contributed by atoms with Gasteiger partial charge in [0.2, 0.25) is 0 Å². The van der Waals surface area contributed by atoms with Crippen LogP contribution in [-0.4, -0.2) is 21.4 Å². The Balaban J connectivity index is 3.12. The summed E-state index contributed by atoms with van der Waals surface area (Å²) in [7, 11) is 0. The summed E-state index contributed by atoms with van der Waals surface area (Å²) in [5.41, 5.74) is -0.883. The maximum atomic E-state index is 12.0. The molecule has 18 heavy (non-hydrogen) atoms. The van der Waals surface area contributed by atoms with Crippen LogP contribution in [0.4, 0.5) is 5.69 Å². The first-order valence-electron chi connectivity index (χ1n) is 5.39. The molecule has 0 radical (unpaired) electrons. The van der Waals surface area contributed by atoms with E-state index in [1.807, 2.05) is 20.8 Å². The molecular weight excluding hydrogens is 258 g/mol. The monoisotopic (exact) mass is 271 g/mol. The highest BCUT2D eigenvalue weighted by Gasteiger charge is 2.25. The normalized spacial score (nSPS) is 11.1. The van der Waals surface area contributed by atoms with Crippen molar-refractivity contribution in [3.63, 3.8) is 0 Å². The number of nitro groups is 1. The van der Waals surface area contributed by atoms with Gasteiger partial charge in [0, 0.05) is 5.54 Å². The number of nitrogens with one attached hydrogen (secondary N) is 1. The van der Waals surface area contributed by atoms with Crippen molar-refractivity contribution in [2.24, 2.45) is 0 Å². The average molecular weight is 272 g/mol. The summed E-state index contributed by atoms with van der Waals surface area (Å²) in [5.74, 6) is -0.530. The lowest BCUT2D eigenvalue weighted by Crippen LogP contribution is -2.43. The SMILES string of the molecule is CCC(C)(C)NC(=O)c1cc(Cl)ncc1[N+](=O)[O-]. The standard InChI is InChI=1S/C11H14ClN3O3/c1-4-11(2,3)14-10(16)7-5-9(12)13-6-8(7)15(17)18/h5-6H,4H2,1-3H3,(H,14,16). The van der Waals surface area contributed by atoms with E-state index in [4.69, 9.17) is 11.6 Å². The van der Waals surface area contributed by atoms with Gasteiger partial charge >= 0.3 is 0 Å². The number of aromatic nitrogens is 1. The topological polar surface area (TPSA) is 85.1 Å². The highest BCUT2D eigenvalue weighted by molar-refractivity contribution is 6.29. The van der Waals surface area contributed by atoms with Crippen LogP contribution < -0.4 is 5.32 Å². The Labute approximate surface area is 110 Å². The zero-order chi connectivity index (χ0) is 13.9. The maximum Gasteiger partial charge on any atom is 0.300 e. The molecule has 1 aromatic heterocycles. The zero-order valence-electron chi connectivity index (χ0n) is 10.4. The average Bonchev–Trinajstić information content (AvgIpc) is 2.28. The zero-order valence-corrected chi connectivity index (χ0v) is 11.1. The smallest absolute Gasteiger partial charge is 0.300 e. The summed E-state index contributed by atoms with van der Waals surface area (Å²) in [4.78, 5) is 25.8. The fourth-order valence-electron chi connectivity index (χ4n) is 1.21.